The summed E-state index contributed by atoms with van der Waals surface area (Å²) in [5.41, 5.74) is 0.705. The topological polar surface area (TPSA) is 78.8 Å². The molecule has 3 unspecified atom stereocenters. The van der Waals surface area contributed by atoms with Gasteiger partial charge in [0.25, 0.3) is 0 Å². The fourth-order valence-corrected chi connectivity index (χ4v) is 1.88. The maximum Gasteiger partial charge on any atom is 0.320 e. The van der Waals surface area contributed by atoms with Crippen LogP contribution in [0.3, 0.4) is 0 Å². The number of hydrogen-bond donors (Lipinski definition) is 3. The van der Waals surface area contributed by atoms with Gasteiger partial charge in [-0.15, -0.1) is 0 Å². The molecule has 0 amide bonds. The molecule has 1 rings (SSSR count). The number of aliphatic hydroxyl groups excluding tert-OH is 1. The van der Waals surface area contributed by atoms with Crippen LogP contribution >= 0.6 is 0 Å². The number of ether oxygens (including phenoxy) is 1. The van der Waals surface area contributed by atoms with Crippen LogP contribution in [0, 0.1) is 0 Å². The van der Waals surface area contributed by atoms with Crippen molar-refractivity contribution in [2.75, 3.05) is 7.11 Å². The van der Waals surface area contributed by atoms with Crippen LogP contribution in [0.25, 0.3) is 0 Å². The minimum atomic E-state index is -0.934. The molecule has 0 heterocycles. The average molecular weight is 267 g/mol. The zero-order valence-electron chi connectivity index (χ0n) is 11.5. The Morgan fingerprint density at radius 2 is 2.16 bits per heavy atom. The van der Waals surface area contributed by atoms with E-state index in [1.165, 1.54) is 0 Å². The summed E-state index contributed by atoms with van der Waals surface area (Å²) in [5.74, 6) is -0.269. The molecule has 5 nitrogen and oxygen atoms in total. The molecule has 0 aromatic heterocycles. The number of hydrogen-bond acceptors (Lipinski definition) is 4. The molecule has 0 radical (unpaired) electrons. The van der Waals surface area contributed by atoms with Crippen molar-refractivity contribution in [2.24, 2.45) is 0 Å². The van der Waals surface area contributed by atoms with Crippen molar-refractivity contribution in [1.82, 2.24) is 5.32 Å². The van der Waals surface area contributed by atoms with E-state index >= 15 is 0 Å². The van der Waals surface area contributed by atoms with Crippen molar-refractivity contribution in [2.45, 2.75) is 38.5 Å². The fourth-order valence-electron chi connectivity index (χ4n) is 1.88. The van der Waals surface area contributed by atoms with Crippen molar-refractivity contribution in [1.29, 1.82) is 0 Å². The van der Waals surface area contributed by atoms with Gasteiger partial charge in [0, 0.05) is 6.04 Å². The van der Waals surface area contributed by atoms with Crippen molar-refractivity contribution < 1.29 is 19.7 Å². The molecular formula is C14H21NO4. The predicted molar refractivity (Wildman–Crippen MR) is 72.3 cm³/mol. The van der Waals surface area contributed by atoms with Crippen molar-refractivity contribution >= 4 is 5.97 Å². The third-order valence-corrected chi connectivity index (χ3v) is 3.09. The molecule has 5 heteroatoms. The first-order valence-electron chi connectivity index (χ1n) is 6.30. The molecule has 0 aliphatic carbocycles. The first kappa shape index (κ1) is 15.5. The summed E-state index contributed by atoms with van der Waals surface area (Å²) in [7, 11) is 1.56. The lowest BCUT2D eigenvalue weighted by atomic mass is 9.99. The van der Waals surface area contributed by atoms with Crippen LogP contribution in [0.15, 0.2) is 24.3 Å². The van der Waals surface area contributed by atoms with Crippen LogP contribution < -0.4 is 10.1 Å². The van der Waals surface area contributed by atoms with Gasteiger partial charge in [-0.3, -0.25) is 10.1 Å². The zero-order valence-corrected chi connectivity index (χ0v) is 11.5. The number of methoxy groups -OCH3 is 1. The third kappa shape index (κ3) is 4.22. The van der Waals surface area contributed by atoms with E-state index in [2.05, 4.69) is 5.32 Å². The lowest BCUT2D eigenvalue weighted by molar-refractivity contribution is -0.139. The lowest BCUT2D eigenvalue weighted by Crippen LogP contribution is -2.44. The molecule has 0 aliphatic heterocycles. The highest BCUT2D eigenvalue weighted by Gasteiger charge is 2.23. The molecule has 19 heavy (non-hydrogen) atoms. The Hall–Kier alpha value is -1.59. The lowest BCUT2D eigenvalue weighted by Gasteiger charge is -2.25. The van der Waals surface area contributed by atoms with Gasteiger partial charge in [0.15, 0.2) is 0 Å². The third-order valence-electron chi connectivity index (χ3n) is 3.09. The molecule has 0 spiro atoms. The number of carbonyl (C=O) groups is 1. The molecule has 3 N–H and O–H groups in total. The van der Waals surface area contributed by atoms with E-state index < -0.39 is 18.1 Å². The standard InChI is InChI=1S/C14H21NO4/c1-4-12(15-9(2)14(17)18)13(16)10-6-5-7-11(8-10)19-3/h5-9,12-13,15-16H,4H2,1-3H3,(H,17,18). The fraction of sp³-hybridized carbons (Fsp3) is 0.500. The van der Waals surface area contributed by atoms with Crippen molar-refractivity contribution in [3.05, 3.63) is 29.8 Å². The first-order valence-corrected chi connectivity index (χ1v) is 6.30. The monoisotopic (exact) mass is 267 g/mol. The smallest absolute Gasteiger partial charge is 0.320 e. The van der Waals surface area contributed by atoms with E-state index in [1.807, 2.05) is 6.92 Å². The highest BCUT2D eigenvalue weighted by molar-refractivity contribution is 5.72. The molecule has 0 saturated carbocycles. The Kier molecular flexibility index (Phi) is 5.79. The van der Waals surface area contributed by atoms with Gasteiger partial charge in [-0.1, -0.05) is 19.1 Å². The Morgan fingerprint density at radius 1 is 1.47 bits per heavy atom. The normalized spacial score (nSPS) is 15.6. The number of carboxylic acid groups (broad SMARTS) is 1. The van der Waals surface area contributed by atoms with Gasteiger partial charge in [-0.05, 0) is 31.0 Å². The Bertz CT molecular complexity index is 422. The van der Waals surface area contributed by atoms with Gasteiger partial charge in [0.05, 0.1) is 13.2 Å². The van der Waals surface area contributed by atoms with Gasteiger partial charge in [0.2, 0.25) is 0 Å². The minimum Gasteiger partial charge on any atom is -0.497 e. The highest BCUT2D eigenvalue weighted by atomic mass is 16.5. The molecule has 1 aromatic carbocycles. The summed E-state index contributed by atoms with van der Waals surface area (Å²) in [6.45, 7) is 3.46. The van der Waals surface area contributed by atoms with Crippen LogP contribution in [0.1, 0.15) is 31.9 Å². The maximum absolute atomic E-state index is 10.8. The van der Waals surface area contributed by atoms with Gasteiger partial charge in [-0.2, -0.15) is 0 Å². The highest BCUT2D eigenvalue weighted by Crippen LogP contribution is 2.23. The molecular weight excluding hydrogens is 246 g/mol. The Morgan fingerprint density at radius 3 is 2.68 bits per heavy atom. The molecule has 3 atom stereocenters. The Labute approximate surface area is 113 Å². The predicted octanol–water partition coefficient (Wildman–Crippen LogP) is 1.57. The summed E-state index contributed by atoms with van der Waals surface area (Å²) < 4.78 is 5.11. The number of aliphatic carboxylic acids is 1. The van der Waals surface area contributed by atoms with E-state index in [1.54, 1.807) is 38.3 Å². The van der Waals surface area contributed by atoms with Gasteiger partial charge >= 0.3 is 5.97 Å². The molecule has 106 valence electrons. The van der Waals surface area contributed by atoms with E-state index in [9.17, 15) is 9.90 Å². The summed E-state index contributed by atoms with van der Waals surface area (Å²) in [4.78, 5) is 10.8. The SMILES string of the molecule is CCC(NC(C)C(=O)O)C(O)c1cccc(OC)c1. The van der Waals surface area contributed by atoms with Crippen molar-refractivity contribution in [3.63, 3.8) is 0 Å². The van der Waals surface area contributed by atoms with E-state index in [0.29, 0.717) is 17.7 Å². The largest absolute Gasteiger partial charge is 0.497 e. The summed E-state index contributed by atoms with van der Waals surface area (Å²) >= 11 is 0. The van der Waals surface area contributed by atoms with Crippen LogP contribution in [-0.2, 0) is 4.79 Å². The first-order chi connectivity index (χ1) is 8.99. The number of benzene rings is 1. The second-order valence-electron chi connectivity index (χ2n) is 4.46. The van der Waals surface area contributed by atoms with E-state index in [-0.39, 0.29) is 6.04 Å². The number of carboxylic acids is 1. The number of rotatable bonds is 7. The molecule has 0 aliphatic rings. The average Bonchev–Trinajstić information content (AvgIpc) is 2.43. The van der Waals surface area contributed by atoms with Crippen LogP contribution in [0.4, 0.5) is 0 Å². The minimum absolute atomic E-state index is 0.321. The second-order valence-corrected chi connectivity index (χ2v) is 4.46. The van der Waals surface area contributed by atoms with Crippen LogP contribution in [-0.4, -0.2) is 35.4 Å². The summed E-state index contributed by atoms with van der Waals surface area (Å²) in [6, 6.07) is 6.11. The maximum atomic E-state index is 10.8. The van der Waals surface area contributed by atoms with Gasteiger partial charge < -0.3 is 14.9 Å². The van der Waals surface area contributed by atoms with Gasteiger partial charge in [-0.25, -0.2) is 0 Å². The number of aliphatic hydroxyl groups is 1. The van der Waals surface area contributed by atoms with E-state index in [4.69, 9.17) is 9.84 Å². The van der Waals surface area contributed by atoms with Gasteiger partial charge in [0.1, 0.15) is 11.8 Å². The summed E-state index contributed by atoms with van der Waals surface area (Å²) in [6.07, 6.45) is -0.155. The van der Waals surface area contributed by atoms with Crippen molar-refractivity contribution in [3.8, 4) is 5.75 Å². The van der Waals surface area contributed by atoms with Crippen LogP contribution in [0.2, 0.25) is 0 Å². The molecule has 0 saturated heterocycles. The molecule has 1 aromatic rings. The van der Waals surface area contributed by atoms with E-state index in [0.717, 1.165) is 0 Å². The second kappa shape index (κ2) is 7.11. The van der Waals surface area contributed by atoms with Crippen LogP contribution in [0.5, 0.6) is 5.75 Å². The Balaban J connectivity index is 2.82. The quantitative estimate of drug-likeness (QED) is 0.699. The summed E-state index contributed by atoms with van der Waals surface area (Å²) in [5, 5.41) is 22.1. The molecule has 0 fully saturated rings. The molecule has 0 bridgehead atoms. The zero-order chi connectivity index (χ0) is 14.4. The number of nitrogens with one attached hydrogen (secondary N) is 1.